The Labute approximate surface area is 87.8 Å². The molecule has 0 aliphatic heterocycles. The van der Waals surface area contributed by atoms with E-state index in [2.05, 4.69) is 4.98 Å². The van der Waals surface area contributed by atoms with E-state index in [4.69, 9.17) is 0 Å². The number of aryl methyl sites for hydroxylation is 1. The van der Waals surface area contributed by atoms with Crippen LogP contribution in [0.1, 0.15) is 19.4 Å². The van der Waals surface area contributed by atoms with Crippen LogP contribution in [0.5, 0.6) is 0 Å². The van der Waals surface area contributed by atoms with Gasteiger partial charge in [0, 0.05) is 11.6 Å². The molecular formula is C12H13F2N. The average Bonchev–Trinajstić information content (AvgIpc) is 2.26. The number of pyridine rings is 1. The third-order valence-electron chi connectivity index (χ3n) is 1.88. The van der Waals surface area contributed by atoms with Gasteiger partial charge in [0.25, 0.3) is 0 Å². The SMILES string of the molecule is CC.Cc1cnc2c(F)c(F)ccc2c1. The van der Waals surface area contributed by atoms with Gasteiger partial charge in [0.05, 0.1) is 0 Å². The summed E-state index contributed by atoms with van der Waals surface area (Å²) in [6, 6.07) is 4.40. The average molecular weight is 209 g/mol. The van der Waals surface area contributed by atoms with Crippen molar-refractivity contribution in [2.75, 3.05) is 0 Å². The van der Waals surface area contributed by atoms with Gasteiger partial charge in [-0.2, -0.15) is 0 Å². The van der Waals surface area contributed by atoms with Crippen LogP contribution in [-0.4, -0.2) is 4.98 Å². The smallest absolute Gasteiger partial charge is 0.184 e. The summed E-state index contributed by atoms with van der Waals surface area (Å²) in [6.07, 6.45) is 1.52. The van der Waals surface area contributed by atoms with Crippen molar-refractivity contribution in [1.82, 2.24) is 4.98 Å². The fraction of sp³-hybridized carbons (Fsp3) is 0.250. The molecule has 15 heavy (non-hydrogen) atoms. The maximum absolute atomic E-state index is 13.1. The van der Waals surface area contributed by atoms with E-state index in [9.17, 15) is 8.78 Å². The molecule has 80 valence electrons. The Morgan fingerprint density at radius 3 is 2.47 bits per heavy atom. The minimum atomic E-state index is -0.877. The number of aromatic nitrogens is 1. The van der Waals surface area contributed by atoms with Gasteiger partial charge < -0.3 is 0 Å². The quantitative estimate of drug-likeness (QED) is 0.642. The summed E-state index contributed by atoms with van der Waals surface area (Å²) in [6.45, 7) is 5.85. The Kier molecular flexibility index (Phi) is 3.72. The van der Waals surface area contributed by atoms with E-state index >= 15 is 0 Å². The number of fused-ring (bicyclic) bond motifs is 1. The number of hydrogen-bond donors (Lipinski definition) is 0. The maximum Gasteiger partial charge on any atom is 0.184 e. The highest BCUT2D eigenvalue weighted by Crippen LogP contribution is 2.18. The van der Waals surface area contributed by atoms with E-state index < -0.39 is 11.6 Å². The number of hydrogen-bond acceptors (Lipinski definition) is 1. The molecule has 0 bridgehead atoms. The van der Waals surface area contributed by atoms with E-state index in [0.29, 0.717) is 5.39 Å². The molecule has 3 heteroatoms. The van der Waals surface area contributed by atoms with Crippen LogP contribution in [-0.2, 0) is 0 Å². The number of nitrogens with zero attached hydrogens (tertiary/aromatic N) is 1. The van der Waals surface area contributed by atoms with Gasteiger partial charge in [0.1, 0.15) is 5.52 Å². The Morgan fingerprint density at radius 2 is 1.80 bits per heavy atom. The molecule has 0 aliphatic carbocycles. The van der Waals surface area contributed by atoms with Gasteiger partial charge >= 0.3 is 0 Å². The number of rotatable bonds is 0. The normalized spacial score (nSPS) is 9.67. The van der Waals surface area contributed by atoms with Gasteiger partial charge in [-0.1, -0.05) is 13.8 Å². The second-order valence-electron chi connectivity index (χ2n) is 2.95. The Bertz CT molecular complexity index is 466. The van der Waals surface area contributed by atoms with Gasteiger partial charge in [0.15, 0.2) is 11.6 Å². The molecule has 0 aliphatic rings. The maximum atomic E-state index is 13.1. The highest BCUT2D eigenvalue weighted by molar-refractivity contribution is 5.79. The Balaban J connectivity index is 0.000000531. The van der Waals surface area contributed by atoms with Crippen LogP contribution >= 0.6 is 0 Å². The van der Waals surface area contributed by atoms with Crippen molar-refractivity contribution in [3.8, 4) is 0 Å². The molecule has 0 fully saturated rings. The van der Waals surface area contributed by atoms with Gasteiger partial charge in [-0.25, -0.2) is 8.78 Å². The molecule has 0 saturated heterocycles. The van der Waals surface area contributed by atoms with Crippen molar-refractivity contribution >= 4 is 10.9 Å². The molecule has 0 radical (unpaired) electrons. The van der Waals surface area contributed by atoms with Crippen LogP contribution in [0.25, 0.3) is 10.9 Å². The van der Waals surface area contributed by atoms with Crippen molar-refractivity contribution in [1.29, 1.82) is 0 Å². The van der Waals surface area contributed by atoms with E-state index in [1.807, 2.05) is 20.8 Å². The van der Waals surface area contributed by atoms with E-state index in [0.717, 1.165) is 11.6 Å². The van der Waals surface area contributed by atoms with Crippen molar-refractivity contribution < 1.29 is 8.78 Å². The molecule has 1 heterocycles. The van der Waals surface area contributed by atoms with Crippen LogP contribution < -0.4 is 0 Å². The van der Waals surface area contributed by atoms with Crippen LogP contribution in [0.3, 0.4) is 0 Å². The predicted octanol–water partition coefficient (Wildman–Crippen LogP) is 3.85. The molecule has 1 aromatic carbocycles. The Morgan fingerprint density at radius 1 is 1.13 bits per heavy atom. The van der Waals surface area contributed by atoms with Crippen LogP contribution in [0.4, 0.5) is 8.78 Å². The first-order chi connectivity index (χ1) is 7.18. The zero-order valence-electron chi connectivity index (χ0n) is 9.01. The lowest BCUT2D eigenvalue weighted by atomic mass is 10.1. The zero-order valence-corrected chi connectivity index (χ0v) is 9.01. The zero-order chi connectivity index (χ0) is 11.4. The summed E-state index contributed by atoms with van der Waals surface area (Å²) in [4.78, 5) is 3.83. The van der Waals surface area contributed by atoms with Gasteiger partial charge in [-0.05, 0) is 30.7 Å². The monoisotopic (exact) mass is 209 g/mol. The summed E-state index contributed by atoms with van der Waals surface area (Å²) in [5.74, 6) is -1.73. The molecule has 2 aromatic rings. The summed E-state index contributed by atoms with van der Waals surface area (Å²) in [5.41, 5.74) is 1.02. The first kappa shape index (κ1) is 11.6. The molecule has 1 aromatic heterocycles. The molecular weight excluding hydrogens is 196 g/mol. The van der Waals surface area contributed by atoms with Gasteiger partial charge in [-0.3, -0.25) is 4.98 Å². The molecule has 0 N–H and O–H groups in total. The molecule has 0 atom stereocenters. The highest BCUT2D eigenvalue weighted by atomic mass is 19.2. The van der Waals surface area contributed by atoms with E-state index in [-0.39, 0.29) is 5.52 Å². The van der Waals surface area contributed by atoms with Gasteiger partial charge in [-0.15, -0.1) is 0 Å². The minimum Gasteiger partial charge on any atom is -0.253 e. The number of benzene rings is 1. The van der Waals surface area contributed by atoms with Gasteiger partial charge in [0.2, 0.25) is 0 Å². The second kappa shape index (κ2) is 4.82. The second-order valence-corrected chi connectivity index (χ2v) is 2.95. The Hall–Kier alpha value is -1.51. The predicted molar refractivity (Wildman–Crippen MR) is 57.7 cm³/mol. The summed E-state index contributed by atoms with van der Waals surface area (Å²) in [7, 11) is 0. The molecule has 0 amide bonds. The van der Waals surface area contributed by atoms with E-state index in [1.54, 1.807) is 6.07 Å². The van der Waals surface area contributed by atoms with Crippen molar-refractivity contribution in [2.45, 2.75) is 20.8 Å². The largest absolute Gasteiger partial charge is 0.253 e. The molecule has 2 rings (SSSR count). The van der Waals surface area contributed by atoms with E-state index in [1.165, 1.54) is 12.3 Å². The summed E-state index contributed by atoms with van der Waals surface area (Å²) >= 11 is 0. The lowest BCUT2D eigenvalue weighted by Gasteiger charge is -2.00. The molecule has 1 nitrogen and oxygen atoms in total. The highest BCUT2D eigenvalue weighted by Gasteiger charge is 2.07. The summed E-state index contributed by atoms with van der Waals surface area (Å²) in [5, 5.41) is 0.624. The fourth-order valence-corrected chi connectivity index (χ4v) is 1.25. The third kappa shape index (κ3) is 2.29. The standard InChI is InChI=1S/C10H7F2N.C2H6/c1-6-4-7-2-3-8(11)9(12)10(7)13-5-6;1-2/h2-5H,1H3;1-2H3. The lowest BCUT2D eigenvalue weighted by molar-refractivity contribution is 0.515. The minimum absolute atomic E-state index is 0.0885. The van der Waals surface area contributed by atoms with Crippen molar-refractivity contribution in [2.24, 2.45) is 0 Å². The number of halogens is 2. The lowest BCUT2D eigenvalue weighted by Crippen LogP contribution is -1.89. The van der Waals surface area contributed by atoms with Crippen LogP contribution in [0.2, 0.25) is 0 Å². The van der Waals surface area contributed by atoms with Crippen molar-refractivity contribution in [3.05, 3.63) is 41.6 Å². The van der Waals surface area contributed by atoms with Crippen LogP contribution in [0, 0.1) is 18.6 Å². The van der Waals surface area contributed by atoms with Crippen molar-refractivity contribution in [3.63, 3.8) is 0 Å². The first-order valence-electron chi connectivity index (χ1n) is 4.89. The third-order valence-corrected chi connectivity index (χ3v) is 1.88. The molecule has 0 unspecified atom stereocenters. The fourth-order valence-electron chi connectivity index (χ4n) is 1.25. The molecule has 0 spiro atoms. The topological polar surface area (TPSA) is 12.9 Å². The summed E-state index contributed by atoms with van der Waals surface area (Å²) < 4.78 is 25.8. The van der Waals surface area contributed by atoms with Crippen LogP contribution in [0.15, 0.2) is 24.4 Å². The molecule has 0 saturated carbocycles. The first-order valence-corrected chi connectivity index (χ1v) is 4.89.